The highest BCUT2D eigenvalue weighted by molar-refractivity contribution is 7.12. The zero-order valence-electron chi connectivity index (χ0n) is 12.8. The first-order chi connectivity index (χ1) is 11.1. The lowest BCUT2D eigenvalue weighted by Gasteiger charge is -2.15. The molecule has 1 N–H and O–H groups in total. The smallest absolute Gasteiger partial charge is 0.335 e. The molecule has 1 fully saturated rings. The largest absolute Gasteiger partial charge is 0.454 e. The van der Waals surface area contributed by atoms with Gasteiger partial charge in [0.1, 0.15) is 0 Å². The summed E-state index contributed by atoms with van der Waals surface area (Å²) in [6.45, 7) is 2.06. The van der Waals surface area contributed by atoms with Crippen molar-refractivity contribution in [3.05, 3.63) is 22.4 Å². The number of rotatable bonds is 7. The van der Waals surface area contributed by atoms with Crippen LogP contribution < -0.4 is 5.32 Å². The van der Waals surface area contributed by atoms with Gasteiger partial charge in [0.05, 0.1) is 17.6 Å². The first kappa shape index (κ1) is 17.6. The van der Waals surface area contributed by atoms with Crippen molar-refractivity contribution in [2.75, 3.05) is 19.8 Å². The van der Waals surface area contributed by atoms with Gasteiger partial charge >= 0.3 is 5.97 Å². The number of esters is 1. The first-order valence-electron chi connectivity index (χ1n) is 7.34. The van der Waals surface area contributed by atoms with Crippen LogP contribution in [0.4, 0.5) is 0 Å². The van der Waals surface area contributed by atoms with E-state index in [0.717, 1.165) is 12.8 Å². The summed E-state index contributed by atoms with van der Waals surface area (Å²) in [7, 11) is 0. The average molecular weight is 341 g/mol. The highest BCUT2D eigenvalue weighted by Crippen LogP contribution is 2.13. The van der Waals surface area contributed by atoms with Gasteiger partial charge in [-0.25, -0.2) is 4.79 Å². The van der Waals surface area contributed by atoms with E-state index in [0.29, 0.717) is 18.1 Å². The lowest BCUT2D eigenvalue weighted by molar-refractivity contribution is -0.160. The summed E-state index contributed by atoms with van der Waals surface area (Å²) in [5, 5.41) is 3.88. The number of carbonyl (C=O) groups is 3. The van der Waals surface area contributed by atoms with E-state index in [9.17, 15) is 14.4 Å². The topological polar surface area (TPSA) is 90.9 Å². The van der Waals surface area contributed by atoms with E-state index in [1.165, 1.54) is 11.3 Å². The second-order valence-electron chi connectivity index (χ2n) is 5.07. The Kier molecular flexibility index (Phi) is 6.69. The summed E-state index contributed by atoms with van der Waals surface area (Å²) in [5.74, 6) is -1.84. The molecule has 1 aromatic heterocycles. The standard InChI is InChI=1S/C15H19NO6S/c1-10(21-8-11-4-2-6-20-11)15(19)22-9-13(17)16-14(18)12-5-3-7-23-12/h3,5,7,10-11H,2,4,6,8-9H2,1H3,(H,16,17,18). The molecule has 126 valence electrons. The number of amides is 2. The van der Waals surface area contributed by atoms with Crippen molar-refractivity contribution in [3.8, 4) is 0 Å². The van der Waals surface area contributed by atoms with E-state index in [2.05, 4.69) is 5.32 Å². The molecule has 8 heteroatoms. The van der Waals surface area contributed by atoms with Gasteiger partial charge in [0.15, 0.2) is 12.7 Å². The van der Waals surface area contributed by atoms with Crippen molar-refractivity contribution in [3.63, 3.8) is 0 Å². The molecule has 7 nitrogen and oxygen atoms in total. The minimum Gasteiger partial charge on any atom is -0.454 e. The minimum atomic E-state index is -0.792. The predicted octanol–water partition coefficient (Wildman–Crippen LogP) is 1.13. The van der Waals surface area contributed by atoms with E-state index in [1.54, 1.807) is 24.4 Å². The number of hydrogen-bond donors (Lipinski definition) is 1. The van der Waals surface area contributed by atoms with Crippen LogP contribution >= 0.6 is 11.3 Å². The molecule has 1 saturated heterocycles. The molecule has 2 atom stereocenters. The third-order valence-electron chi connectivity index (χ3n) is 3.23. The maximum Gasteiger partial charge on any atom is 0.335 e. The fourth-order valence-electron chi connectivity index (χ4n) is 1.98. The molecule has 0 bridgehead atoms. The maximum absolute atomic E-state index is 11.7. The van der Waals surface area contributed by atoms with E-state index in [4.69, 9.17) is 14.2 Å². The number of ether oxygens (including phenoxy) is 3. The van der Waals surface area contributed by atoms with Gasteiger partial charge in [-0.15, -0.1) is 11.3 Å². The minimum absolute atomic E-state index is 0.0111. The lowest BCUT2D eigenvalue weighted by atomic mass is 10.2. The molecule has 0 aromatic carbocycles. The first-order valence-corrected chi connectivity index (χ1v) is 8.21. The molecule has 0 spiro atoms. The van der Waals surface area contributed by atoms with Crippen molar-refractivity contribution < 1.29 is 28.6 Å². The van der Waals surface area contributed by atoms with Gasteiger partial charge in [0.25, 0.3) is 11.8 Å². The van der Waals surface area contributed by atoms with Gasteiger partial charge < -0.3 is 14.2 Å². The fraction of sp³-hybridized carbons (Fsp3) is 0.533. The SMILES string of the molecule is CC(OCC1CCCO1)C(=O)OCC(=O)NC(=O)c1cccs1. The van der Waals surface area contributed by atoms with Crippen molar-refractivity contribution in [2.45, 2.75) is 32.0 Å². The van der Waals surface area contributed by atoms with E-state index >= 15 is 0 Å². The van der Waals surface area contributed by atoms with Crippen molar-refractivity contribution in [1.29, 1.82) is 0 Å². The molecule has 23 heavy (non-hydrogen) atoms. The monoisotopic (exact) mass is 341 g/mol. The number of nitrogens with one attached hydrogen (secondary N) is 1. The molecule has 0 radical (unpaired) electrons. The molecule has 0 saturated carbocycles. The molecule has 1 aromatic rings. The van der Waals surface area contributed by atoms with Gasteiger partial charge in [0.2, 0.25) is 0 Å². The van der Waals surface area contributed by atoms with Gasteiger partial charge in [-0.05, 0) is 31.2 Å². The van der Waals surface area contributed by atoms with Crippen LogP contribution in [0.2, 0.25) is 0 Å². The quantitative estimate of drug-likeness (QED) is 0.748. The average Bonchev–Trinajstić information content (AvgIpc) is 3.22. The van der Waals surface area contributed by atoms with Crippen LogP contribution in [0, 0.1) is 0 Å². The van der Waals surface area contributed by atoms with Crippen LogP contribution in [0.15, 0.2) is 17.5 Å². The Labute approximate surface area is 137 Å². The van der Waals surface area contributed by atoms with Gasteiger partial charge in [-0.2, -0.15) is 0 Å². The second kappa shape index (κ2) is 8.76. The fourth-order valence-corrected chi connectivity index (χ4v) is 2.60. The summed E-state index contributed by atoms with van der Waals surface area (Å²) < 4.78 is 15.6. The van der Waals surface area contributed by atoms with Gasteiger partial charge in [0, 0.05) is 6.61 Å². The molecular weight excluding hydrogens is 322 g/mol. The highest BCUT2D eigenvalue weighted by atomic mass is 32.1. The third-order valence-corrected chi connectivity index (χ3v) is 4.10. The van der Waals surface area contributed by atoms with Crippen molar-refractivity contribution in [2.24, 2.45) is 0 Å². The van der Waals surface area contributed by atoms with Crippen LogP contribution in [-0.2, 0) is 23.8 Å². The number of carbonyl (C=O) groups excluding carboxylic acids is 3. The van der Waals surface area contributed by atoms with Gasteiger partial charge in [-0.1, -0.05) is 6.07 Å². The molecule has 2 unspecified atom stereocenters. The summed E-state index contributed by atoms with van der Waals surface area (Å²) in [5.41, 5.74) is 0. The van der Waals surface area contributed by atoms with Crippen molar-refractivity contribution >= 4 is 29.1 Å². The Morgan fingerprint density at radius 2 is 2.30 bits per heavy atom. The molecule has 1 aliphatic rings. The molecule has 2 rings (SSSR count). The van der Waals surface area contributed by atoms with Crippen molar-refractivity contribution in [1.82, 2.24) is 5.32 Å². The van der Waals surface area contributed by atoms with E-state index < -0.39 is 30.5 Å². The number of imide groups is 1. The van der Waals surface area contributed by atoms with Crippen LogP contribution in [0.1, 0.15) is 29.4 Å². The summed E-state index contributed by atoms with van der Waals surface area (Å²) in [6.07, 6.45) is 1.12. The normalized spacial score (nSPS) is 18.4. The van der Waals surface area contributed by atoms with Crippen LogP contribution in [0.5, 0.6) is 0 Å². The van der Waals surface area contributed by atoms with Gasteiger partial charge in [-0.3, -0.25) is 14.9 Å². The Balaban J connectivity index is 1.64. The van der Waals surface area contributed by atoms with Crippen LogP contribution in [0.25, 0.3) is 0 Å². The summed E-state index contributed by atoms with van der Waals surface area (Å²) in [6, 6.07) is 3.30. The maximum atomic E-state index is 11.7. The molecule has 1 aliphatic heterocycles. The zero-order valence-corrected chi connectivity index (χ0v) is 13.6. The summed E-state index contributed by atoms with van der Waals surface area (Å²) in [4.78, 5) is 35.4. The van der Waals surface area contributed by atoms with Crippen LogP contribution in [-0.4, -0.2) is 49.8 Å². The zero-order chi connectivity index (χ0) is 16.7. The molecule has 2 amide bonds. The predicted molar refractivity (Wildman–Crippen MR) is 82.1 cm³/mol. The Morgan fingerprint density at radius 1 is 1.48 bits per heavy atom. The number of thiophene rings is 1. The Hall–Kier alpha value is -1.77. The highest BCUT2D eigenvalue weighted by Gasteiger charge is 2.21. The summed E-state index contributed by atoms with van der Waals surface area (Å²) >= 11 is 1.22. The Bertz CT molecular complexity index is 538. The third kappa shape index (κ3) is 5.74. The van der Waals surface area contributed by atoms with E-state index in [-0.39, 0.29) is 6.10 Å². The molecule has 0 aliphatic carbocycles. The lowest BCUT2D eigenvalue weighted by Crippen LogP contribution is -2.35. The van der Waals surface area contributed by atoms with E-state index in [1.807, 2.05) is 0 Å². The molecule has 2 heterocycles. The second-order valence-corrected chi connectivity index (χ2v) is 6.02. The number of hydrogen-bond acceptors (Lipinski definition) is 7. The Morgan fingerprint density at radius 3 is 2.96 bits per heavy atom. The molecular formula is C15H19NO6S. The van der Waals surface area contributed by atoms with Crippen LogP contribution in [0.3, 0.4) is 0 Å².